The van der Waals surface area contributed by atoms with Gasteiger partial charge < -0.3 is 10.1 Å². The molecule has 20 heavy (non-hydrogen) atoms. The average molecular weight is 290 g/mol. The summed E-state index contributed by atoms with van der Waals surface area (Å²) in [6.07, 6.45) is 0. The second kappa shape index (κ2) is 6.19. The van der Waals surface area contributed by atoms with Crippen molar-refractivity contribution in [3.63, 3.8) is 0 Å². The number of halogens is 1. The molecule has 2 aromatic rings. The molecule has 0 saturated heterocycles. The highest BCUT2D eigenvalue weighted by Crippen LogP contribution is 2.31. The van der Waals surface area contributed by atoms with Crippen LogP contribution in [0.3, 0.4) is 0 Å². The van der Waals surface area contributed by atoms with Crippen LogP contribution in [0.2, 0.25) is 5.02 Å². The summed E-state index contributed by atoms with van der Waals surface area (Å²) in [5.41, 5.74) is 4.70. The Kier molecular flexibility index (Phi) is 4.56. The summed E-state index contributed by atoms with van der Waals surface area (Å²) in [5.74, 6) is 0.797. The molecule has 0 amide bonds. The molecule has 0 radical (unpaired) electrons. The van der Waals surface area contributed by atoms with E-state index >= 15 is 0 Å². The quantitative estimate of drug-likeness (QED) is 0.841. The van der Waals surface area contributed by atoms with Crippen molar-refractivity contribution >= 4 is 17.3 Å². The highest BCUT2D eigenvalue weighted by Gasteiger charge is 2.10. The molecule has 1 N–H and O–H groups in total. The van der Waals surface area contributed by atoms with Crippen LogP contribution in [0.15, 0.2) is 36.4 Å². The standard InChI is InChI=1S/C17H20ClNO/c1-11-7-12(2)9-14(8-11)13(3)19-16-10-15(18)5-6-17(16)20-4/h5-10,13,19H,1-4H3. The summed E-state index contributed by atoms with van der Waals surface area (Å²) in [4.78, 5) is 0. The Bertz CT molecular complexity index is 590. The van der Waals surface area contributed by atoms with E-state index in [0.29, 0.717) is 5.02 Å². The monoisotopic (exact) mass is 289 g/mol. The van der Waals surface area contributed by atoms with E-state index in [1.165, 1.54) is 16.7 Å². The minimum absolute atomic E-state index is 0.181. The molecule has 0 heterocycles. The van der Waals surface area contributed by atoms with E-state index in [9.17, 15) is 0 Å². The predicted molar refractivity (Wildman–Crippen MR) is 86.0 cm³/mol. The molecular formula is C17H20ClNO. The van der Waals surface area contributed by atoms with Crippen LogP contribution in [0.4, 0.5) is 5.69 Å². The number of rotatable bonds is 4. The number of anilines is 1. The van der Waals surface area contributed by atoms with E-state index in [1.807, 2.05) is 18.2 Å². The smallest absolute Gasteiger partial charge is 0.142 e. The maximum atomic E-state index is 6.06. The number of aryl methyl sites for hydroxylation is 2. The zero-order valence-corrected chi connectivity index (χ0v) is 13.1. The Morgan fingerprint density at radius 3 is 2.30 bits per heavy atom. The van der Waals surface area contributed by atoms with Crippen molar-refractivity contribution < 1.29 is 4.74 Å². The van der Waals surface area contributed by atoms with Gasteiger partial charge >= 0.3 is 0 Å². The highest BCUT2D eigenvalue weighted by atomic mass is 35.5. The first kappa shape index (κ1) is 14.7. The van der Waals surface area contributed by atoms with E-state index in [-0.39, 0.29) is 6.04 Å². The van der Waals surface area contributed by atoms with Crippen LogP contribution in [0.25, 0.3) is 0 Å². The minimum atomic E-state index is 0.181. The van der Waals surface area contributed by atoms with Gasteiger partial charge in [-0.15, -0.1) is 0 Å². The molecule has 0 spiro atoms. The van der Waals surface area contributed by atoms with Crippen LogP contribution in [-0.4, -0.2) is 7.11 Å². The van der Waals surface area contributed by atoms with Crippen LogP contribution in [0, 0.1) is 13.8 Å². The van der Waals surface area contributed by atoms with Gasteiger partial charge in [-0.1, -0.05) is 40.9 Å². The SMILES string of the molecule is COc1ccc(Cl)cc1NC(C)c1cc(C)cc(C)c1. The minimum Gasteiger partial charge on any atom is -0.495 e. The van der Waals surface area contributed by atoms with Gasteiger partial charge in [0.15, 0.2) is 0 Å². The molecule has 0 bridgehead atoms. The summed E-state index contributed by atoms with van der Waals surface area (Å²) in [5, 5.41) is 4.16. The molecule has 2 nitrogen and oxygen atoms in total. The van der Waals surface area contributed by atoms with Gasteiger partial charge in [0.2, 0.25) is 0 Å². The van der Waals surface area contributed by atoms with Crippen LogP contribution in [0.1, 0.15) is 29.7 Å². The molecule has 1 unspecified atom stereocenters. The molecule has 0 aliphatic rings. The molecule has 2 rings (SSSR count). The van der Waals surface area contributed by atoms with E-state index in [4.69, 9.17) is 16.3 Å². The Morgan fingerprint density at radius 1 is 1.05 bits per heavy atom. The van der Waals surface area contributed by atoms with Gasteiger partial charge in [0.1, 0.15) is 5.75 Å². The lowest BCUT2D eigenvalue weighted by Crippen LogP contribution is -2.08. The summed E-state index contributed by atoms with van der Waals surface area (Å²) in [6, 6.07) is 12.3. The second-order valence-corrected chi connectivity index (χ2v) is 5.57. The summed E-state index contributed by atoms with van der Waals surface area (Å²) >= 11 is 6.06. The molecule has 0 aromatic heterocycles. The van der Waals surface area contributed by atoms with E-state index in [0.717, 1.165) is 11.4 Å². The van der Waals surface area contributed by atoms with Crippen molar-refractivity contribution in [2.24, 2.45) is 0 Å². The van der Waals surface area contributed by atoms with Gasteiger partial charge in [0.25, 0.3) is 0 Å². The normalized spacial score (nSPS) is 12.1. The van der Waals surface area contributed by atoms with Crippen molar-refractivity contribution in [1.82, 2.24) is 0 Å². The van der Waals surface area contributed by atoms with Crippen LogP contribution >= 0.6 is 11.6 Å². The first-order valence-corrected chi connectivity index (χ1v) is 7.05. The summed E-state index contributed by atoms with van der Waals surface area (Å²) in [7, 11) is 1.66. The molecule has 0 aliphatic carbocycles. The third-order valence-corrected chi connectivity index (χ3v) is 3.51. The van der Waals surface area contributed by atoms with Gasteiger partial charge in [-0.05, 0) is 44.5 Å². The topological polar surface area (TPSA) is 21.3 Å². The molecule has 0 saturated carbocycles. The zero-order chi connectivity index (χ0) is 14.7. The number of methoxy groups -OCH3 is 1. The van der Waals surface area contributed by atoms with Crippen molar-refractivity contribution in [2.45, 2.75) is 26.8 Å². The largest absolute Gasteiger partial charge is 0.495 e. The predicted octanol–water partition coefficient (Wildman–Crippen LogP) is 5.14. The number of hydrogen-bond acceptors (Lipinski definition) is 2. The fraction of sp³-hybridized carbons (Fsp3) is 0.294. The maximum Gasteiger partial charge on any atom is 0.142 e. The maximum absolute atomic E-state index is 6.06. The summed E-state index contributed by atoms with van der Waals surface area (Å²) in [6.45, 7) is 6.36. The number of nitrogens with one attached hydrogen (secondary N) is 1. The van der Waals surface area contributed by atoms with Crippen LogP contribution < -0.4 is 10.1 Å². The van der Waals surface area contributed by atoms with Gasteiger partial charge in [-0.3, -0.25) is 0 Å². The number of ether oxygens (including phenoxy) is 1. The van der Waals surface area contributed by atoms with Gasteiger partial charge in [-0.2, -0.15) is 0 Å². The van der Waals surface area contributed by atoms with Gasteiger partial charge in [0.05, 0.1) is 12.8 Å². The van der Waals surface area contributed by atoms with Crippen molar-refractivity contribution in [1.29, 1.82) is 0 Å². The van der Waals surface area contributed by atoms with Crippen molar-refractivity contribution in [3.8, 4) is 5.75 Å². The van der Waals surface area contributed by atoms with Crippen LogP contribution in [0.5, 0.6) is 5.75 Å². The third kappa shape index (κ3) is 3.45. The first-order chi connectivity index (χ1) is 9.49. The zero-order valence-electron chi connectivity index (χ0n) is 12.3. The first-order valence-electron chi connectivity index (χ1n) is 6.68. The Hall–Kier alpha value is -1.67. The molecule has 0 fully saturated rings. The molecule has 2 aromatic carbocycles. The third-order valence-electron chi connectivity index (χ3n) is 3.28. The molecule has 3 heteroatoms. The highest BCUT2D eigenvalue weighted by molar-refractivity contribution is 6.30. The van der Waals surface area contributed by atoms with Crippen molar-refractivity contribution in [3.05, 3.63) is 58.1 Å². The van der Waals surface area contributed by atoms with Gasteiger partial charge in [-0.25, -0.2) is 0 Å². The van der Waals surface area contributed by atoms with Gasteiger partial charge in [0, 0.05) is 11.1 Å². The van der Waals surface area contributed by atoms with E-state index < -0.39 is 0 Å². The number of hydrogen-bond donors (Lipinski definition) is 1. The van der Waals surface area contributed by atoms with Crippen molar-refractivity contribution in [2.75, 3.05) is 12.4 Å². The molecule has 106 valence electrons. The molecule has 0 aliphatic heterocycles. The lowest BCUT2D eigenvalue weighted by molar-refractivity contribution is 0.416. The fourth-order valence-corrected chi connectivity index (χ4v) is 2.54. The number of benzene rings is 2. The van der Waals surface area contributed by atoms with E-state index in [2.05, 4.69) is 44.3 Å². The molecule has 1 atom stereocenters. The van der Waals surface area contributed by atoms with Crippen LogP contribution in [-0.2, 0) is 0 Å². The lowest BCUT2D eigenvalue weighted by atomic mass is 10.0. The van der Waals surface area contributed by atoms with E-state index in [1.54, 1.807) is 7.11 Å². The second-order valence-electron chi connectivity index (χ2n) is 5.13. The lowest BCUT2D eigenvalue weighted by Gasteiger charge is -2.19. The fourth-order valence-electron chi connectivity index (χ4n) is 2.37. The Morgan fingerprint density at radius 2 is 1.70 bits per heavy atom. The Labute approximate surface area is 125 Å². The molecular weight excluding hydrogens is 270 g/mol. The Balaban J connectivity index is 2.27. The summed E-state index contributed by atoms with van der Waals surface area (Å²) < 4.78 is 5.36. The average Bonchev–Trinajstić information content (AvgIpc) is 2.37.